The SMILES string of the molecule is COc1ccc(S(=O)(=O)N(Cc2ccc(C(=O)NCCC(CCNC(C)(C)C(C)N=O)CCNC(C)(C)C(C)N=O)cc2)C(C(=O)O)C(C)C)cc1. The Hall–Kier alpha value is -3.79. The van der Waals surface area contributed by atoms with E-state index in [9.17, 15) is 32.9 Å². The van der Waals surface area contributed by atoms with Gasteiger partial charge in [0.2, 0.25) is 10.0 Å². The van der Waals surface area contributed by atoms with Crippen molar-refractivity contribution in [1.29, 1.82) is 0 Å². The molecule has 3 unspecified atom stereocenters. The highest BCUT2D eigenvalue weighted by Crippen LogP contribution is 2.27. The molecule has 0 radical (unpaired) electrons. The Kier molecular flexibility index (Phi) is 17.0. The first-order valence-corrected chi connectivity index (χ1v) is 19.2. The Morgan fingerprint density at radius 3 is 1.71 bits per heavy atom. The Morgan fingerprint density at radius 2 is 1.29 bits per heavy atom. The summed E-state index contributed by atoms with van der Waals surface area (Å²) >= 11 is 0. The molecule has 2 rings (SSSR count). The van der Waals surface area contributed by atoms with Crippen LogP contribution in [0.3, 0.4) is 0 Å². The fourth-order valence-electron chi connectivity index (χ4n) is 5.58. The summed E-state index contributed by atoms with van der Waals surface area (Å²) in [7, 11) is -2.77. The topological polar surface area (TPSA) is 196 Å². The normalized spacial score (nSPS) is 14.8. The molecule has 0 aliphatic rings. The number of carboxylic acids is 1. The summed E-state index contributed by atoms with van der Waals surface area (Å²) in [5.41, 5.74) is -0.0539. The summed E-state index contributed by atoms with van der Waals surface area (Å²) in [4.78, 5) is 47.6. The van der Waals surface area contributed by atoms with Gasteiger partial charge >= 0.3 is 5.97 Å². The highest BCUT2D eigenvalue weighted by atomic mass is 32.2. The van der Waals surface area contributed by atoms with Gasteiger partial charge in [0.1, 0.15) is 23.9 Å². The van der Waals surface area contributed by atoms with E-state index >= 15 is 0 Å². The van der Waals surface area contributed by atoms with Crippen molar-refractivity contribution in [2.45, 2.75) is 115 Å². The summed E-state index contributed by atoms with van der Waals surface area (Å²) in [6.07, 6.45) is 2.25. The molecule has 15 heteroatoms. The molecule has 0 saturated carbocycles. The van der Waals surface area contributed by atoms with Crippen molar-refractivity contribution in [3.05, 3.63) is 69.5 Å². The van der Waals surface area contributed by atoms with Crippen LogP contribution in [0.5, 0.6) is 5.75 Å². The van der Waals surface area contributed by atoms with Gasteiger partial charge in [0.05, 0.1) is 12.0 Å². The quantitative estimate of drug-likeness (QED) is 0.0988. The average Bonchev–Trinajstić information content (AvgIpc) is 3.10. The van der Waals surface area contributed by atoms with E-state index in [0.29, 0.717) is 42.9 Å². The first-order valence-electron chi connectivity index (χ1n) is 17.7. The number of hydrogen-bond donors (Lipinski definition) is 4. The standard InChI is InChI=1S/C37H58N6O8S/c1-25(2)33(35(45)46)43(52(49,50)32-16-14-31(51-9)15-17-32)24-29-10-12-30(13-11-29)34(44)38-21-18-28(19-22-39-36(5,6)26(3)41-47)20-23-40-37(7,8)27(4)42-48/h10-17,25-28,33,39-40H,18-24H2,1-9H3,(H,38,44)(H,45,46). The second-order valence-corrected chi connectivity index (χ2v) is 16.7. The van der Waals surface area contributed by atoms with Crippen molar-refractivity contribution in [1.82, 2.24) is 20.3 Å². The number of carbonyl (C=O) groups excluding carboxylic acids is 1. The molecule has 0 heterocycles. The third-order valence-corrected chi connectivity index (χ3v) is 11.8. The summed E-state index contributed by atoms with van der Waals surface area (Å²) in [6, 6.07) is 10.0. The molecule has 0 fully saturated rings. The third-order valence-electron chi connectivity index (χ3n) is 9.92. The Balaban J connectivity index is 2.15. The van der Waals surface area contributed by atoms with Crippen LogP contribution >= 0.6 is 0 Å². The number of hydrogen-bond acceptors (Lipinski definition) is 11. The summed E-state index contributed by atoms with van der Waals surface area (Å²) in [6.45, 7) is 16.1. The van der Waals surface area contributed by atoms with Gasteiger partial charge in [-0.1, -0.05) is 36.3 Å². The number of amides is 1. The van der Waals surface area contributed by atoms with Crippen molar-refractivity contribution in [2.75, 3.05) is 26.7 Å². The van der Waals surface area contributed by atoms with Crippen LogP contribution in [0, 0.1) is 21.6 Å². The highest BCUT2D eigenvalue weighted by molar-refractivity contribution is 7.89. The highest BCUT2D eigenvalue weighted by Gasteiger charge is 2.38. The summed E-state index contributed by atoms with van der Waals surface area (Å²) in [5, 5.41) is 26.2. The van der Waals surface area contributed by atoms with Crippen LogP contribution < -0.4 is 20.7 Å². The van der Waals surface area contributed by atoms with Gasteiger partial charge in [-0.25, -0.2) is 8.42 Å². The van der Waals surface area contributed by atoms with E-state index in [2.05, 4.69) is 26.3 Å². The fraction of sp³-hybridized carbons (Fsp3) is 0.622. The number of sulfonamides is 1. The van der Waals surface area contributed by atoms with E-state index < -0.39 is 51.1 Å². The van der Waals surface area contributed by atoms with E-state index in [0.717, 1.165) is 17.1 Å². The first kappa shape index (κ1) is 44.4. The molecule has 3 atom stereocenters. The van der Waals surface area contributed by atoms with Gasteiger partial charge in [0.25, 0.3) is 5.91 Å². The molecule has 0 saturated heterocycles. The van der Waals surface area contributed by atoms with Crippen LogP contribution in [0.1, 0.15) is 90.6 Å². The lowest BCUT2D eigenvalue weighted by atomic mass is 9.92. The van der Waals surface area contributed by atoms with Gasteiger partial charge in [-0.2, -0.15) is 14.1 Å². The van der Waals surface area contributed by atoms with E-state index in [-0.39, 0.29) is 23.3 Å². The molecule has 0 spiro atoms. The maximum absolute atomic E-state index is 13.8. The number of nitrogens with zero attached hydrogens (tertiary/aromatic N) is 3. The first-order chi connectivity index (χ1) is 24.3. The number of nitrogens with one attached hydrogen (secondary N) is 3. The zero-order valence-electron chi connectivity index (χ0n) is 32.0. The molecule has 0 aliphatic carbocycles. The van der Waals surface area contributed by atoms with Crippen LogP contribution in [-0.2, 0) is 21.4 Å². The number of methoxy groups -OCH3 is 1. The molecule has 0 aliphatic heterocycles. The maximum atomic E-state index is 13.8. The lowest BCUT2D eigenvalue weighted by molar-refractivity contribution is -0.143. The van der Waals surface area contributed by atoms with E-state index in [1.165, 1.54) is 31.4 Å². The number of carboxylic acid groups (broad SMARTS) is 1. The van der Waals surface area contributed by atoms with Crippen molar-refractivity contribution in [3.63, 3.8) is 0 Å². The second-order valence-electron chi connectivity index (χ2n) is 14.8. The molecule has 0 aromatic heterocycles. The third kappa shape index (κ3) is 12.7. The van der Waals surface area contributed by atoms with Gasteiger partial charge < -0.3 is 25.8 Å². The van der Waals surface area contributed by atoms with Gasteiger partial charge in [0.15, 0.2) is 0 Å². The minimum absolute atomic E-state index is 0.0615. The molecule has 14 nitrogen and oxygen atoms in total. The lowest BCUT2D eigenvalue weighted by Crippen LogP contribution is -2.48. The van der Waals surface area contributed by atoms with Crippen LogP contribution in [0.25, 0.3) is 0 Å². The second kappa shape index (κ2) is 19.9. The van der Waals surface area contributed by atoms with Gasteiger partial charge in [0, 0.05) is 29.7 Å². The number of rotatable bonds is 24. The number of carbonyl (C=O) groups is 2. The van der Waals surface area contributed by atoms with E-state index in [1.54, 1.807) is 52.0 Å². The molecule has 2 aromatic rings. The molecular weight excluding hydrogens is 689 g/mol. The van der Waals surface area contributed by atoms with Gasteiger partial charge in [-0.3, -0.25) is 9.59 Å². The van der Waals surface area contributed by atoms with E-state index in [1.807, 2.05) is 27.7 Å². The Bertz CT molecular complexity index is 1530. The average molecular weight is 747 g/mol. The van der Waals surface area contributed by atoms with Gasteiger partial charge in [-0.05, 0) is 128 Å². The zero-order valence-corrected chi connectivity index (χ0v) is 32.8. The summed E-state index contributed by atoms with van der Waals surface area (Å²) < 4.78 is 33.7. The fourth-order valence-corrected chi connectivity index (χ4v) is 7.28. The van der Waals surface area contributed by atoms with Crippen molar-refractivity contribution >= 4 is 21.9 Å². The number of benzene rings is 2. The monoisotopic (exact) mass is 746 g/mol. The maximum Gasteiger partial charge on any atom is 0.322 e. The Labute approximate surface area is 308 Å². The van der Waals surface area contributed by atoms with E-state index in [4.69, 9.17) is 4.74 Å². The molecule has 2 aromatic carbocycles. The van der Waals surface area contributed by atoms with Crippen LogP contribution in [-0.4, -0.2) is 85.7 Å². The number of aliphatic carboxylic acids is 1. The van der Waals surface area contributed by atoms with Crippen molar-refractivity contribution < 1.29 is 27.9 Å². The predicted octanol–water partition coefficient (Wildman–Crippen LogP) is 5.56. The number of nitroso groups, excluding NO2 is 2. The largest absolute Gasteiger partial charge is 0.497 e. The molecular formula is C37H58N6O8S. The van der Waals surface area contributed by atoms with Gasteiger partial charge in [-0.15, -0.1) is 0 Å². The zero-order chi connectivity index (χ0) is 39.3. The predicted molar refractivity (Wildman–Crippen MR) is 203 cm³/mol. The molecule has 4 N–H and O–H groups in total. The minimum Gasteiger partial charge on any atom is -0.497 e. The molecule has 290 valence electrons. The molecule has 52 heavy (non-hydrogen) atoms. The van der Waals surface area contributed by atoms with Crippen LogP contribution in [0.4, 0.5) is 0 Å². The number of ether oxygens (including phenoxy) is 1. The summed E-state index contributed by atoms with van der Waals surface area (Å²) in [5.74, 6) is -1.42. The molecule has 1 amide bonds. The molecule has 0 bridgehead atoms. The Morgan fingerprint density at radius 1 is 0.808 bits per heavy atom. The van der Waals surface area contributed by atoms with Crippen LogP contribution in [0.2, 0.25) is 0 Å². The minimum atomic E-state index is -4.23. The van der Waals surface area contributed by atoms with Crippen molar-refractivity contribution in [2.24, 2.45) is 22.2 Å². The van der Waals surface area contributed by atoms with Crippen molar-refractivity contribution in [3.8, 4) is 5.75 Å². The lowest BCUT2D eigenvalue weighted by Gasteiger charge is -2.31. The smallest absolute Gasteiger partial charge is 0.322 e. The van der Waals surface area contributed by atoms with Crippen LogP contribution in [0.15, 0.2) is 63.8 Å².